The first-order chi connectivity index (χ1) is 9.15. The number of carbonyl (C=O) groups excluding carboxylic acids is 1. The summed E-state index contributed by atoms with van der Waals surface area (Å²) in [5.41, 5.74) is 1.16. The summed E-state index contributed by atoms with van der Waals surface area (Å²) < 4.78 is 2.78. The summed E-state index contributed by atoms with van der Waals surface area (Å²) in [5.74, 6) is -0.168. The van der Waals surface area contributed by atoms with Gasteiger partial charge in [-0.15, -0.1) is 0 Å². The maximum atomic E-state index is 12.3. The molecular formula is C13H11BrClN3O. The van der Waals surface area contributed by atoms with Crippen molar-refractivity contribution in [3.63, 3.8) is 0 Å². The number of pyridine rings is 1. The highest BCUT2D eigenvalue weighted by molar-refractivity contribution is 9.10. The van der Waals surface area contributed by atoms with Gasteiger partial charge in [-0.3, -0.25) is 4.79 Å². The molecule has 4 nitrogen and oxygen atoms in total. The van der Waals surface area contributed by atoms with Crippen LogP contribution >= 0.6 is 27.5 Å². The highest BCUT2D eigenvalue weighted by atomic mass is 79.9. The molecule has 98 valence electrons. The number of anilines is 1. The summed E-state index contributed by atoms with van der Waals surface area (Å²) in [4.78, 5) is 16.2. The summed E-state index contributed by atoms with van der Waals surface area (Å²) in [5, 5.41) is 3.07. The van der Waals surface area contributed by atoms with Crippen molar-refractivity contribution in [1.82, 2.24) is 9.55 Å². The van der Waals surface area contributed by atoms with Gasteiger partial charge in [0.15, 0.2) is 5.15 Å². The average molecular weight is 341 g/mol. The summed E-state index contributed by atoms with van der Waals surface area (Å²) in [6, 6.07) is 5.89. The number of nitrogens with one attached hydrogen (secondary N) is 1. The van der Waals surface area contributed by atoms with Gasteiger partial charge in [0.1, 0.15) is 5.69 Å². The topological polar surface area (TPSA) is 46.9 Å². The standard InChI is InChI=1S/C13H11BrClN3O/c14-8-6-10(12(15)16-7-8)17-13(19)11-2-1-5-18(11)9-3-4-9/h1-2,5-7,9H,3-4H2,(H,17,19). The fraction of sp³-hybridized carbons (Fsp3) is 0.231. The fourth-order valence-electron chi connectivity index (χ4n) is 1.95. The summed E-state index contributed by atoms with van der Waals surface area (Å²) in [6.07, 6.45) is 5.79. The van der Waals surface area contributed by atoms with Crippen molar-refractivity contribution in [2.75, 3.05) is 5.32 Å². The van der Waals surface area contributed by atoms with Crippen molar-refractivity contribution in [2.45, 2.75) is 18.9 Å². The van der Waals surface area contributed by atoms with Crippen molar-refractivity contribution in [2.24, 2.45) is 0 Å². The van der Waals surface area contributed by atoms with Crippen molar-refractivity contribution in [1.29, 1.82) is 0 Å². The Morgan fingerprint density at radius 2 is 2.32 bits per heavy atom. The van der Waals surface area contributed by atoms with Gasteiger partial charge in [-0.05, 0) is 47.0 Å². The molecule has 0 unspecified atom stereocenters. The Hall–Kier alpha value is -1.33. The van der Waals surface area contributed by atoms with Crippen LogP contribution < -0.4 is 5.32 Å². The van der Waals surface area contributed by atoms with Gasteiger partial charge < -0.3 is 9.88 Å². The molecule has 2 heterocycles. The van der Waals surface area contributed by atoms with Gasteiger partial charge in [0.2, 0.25) is 0 Å². The number of halogens is 2. The number of amides is 1. The average Bonchev–Trinajstić information content (AvgIpc) is 3.11. The zero-order chi connectivity index (χ0) is 13.4. The third-order valence-corrected chi connectivity index (χ3v) is 3.74. The predicted molar refractivity (Wildman–Crippen MR) is 77.6 cm³/mol. The number of aromatic nitrogens is 2. The van der Waals surface area contributed by atoms with Gasteiger partial charge in [0, 0.05) is 22.9 Å². The van der Waals surface area contributed by atoms with Crippen LogP contribution in [0.4, 0.5) is 5.69 Å². The molecule has 3 rings (SSSR count). The maximum Gasteiger partial charge on any atom is 0.272 e. The van der Waals surface area contributed by atoms with Gasteiger partial charge in [-0.1, -0.05) is 11.6 Å². The molecule has 2 aromatic heterocycles. The summed E-state index contributed by atoms with van der Waals surface area (Å²) in [6.45, 7) is 0. The normalized spacial score (nSPS) is 14.4. The third-order valence-electron chi connectivity index (χ3n) is 3.01. The van der Waals surface area contributed by atoms with E-state index in [-0.39, 0.29) is 11.1 Å². The number of rotatable bonds is 3. The Labute approximate surface area is 123 Å². The minimum absolute atomic E-state index is 0.168. The molecule has 1 saturated carbocycles. The van der Waals surface area contributed by atoms with E-state index in [1.165, 1.54) is 0 Å². The monoisotopic (exact) mass is 339 g/mol. The highest BCUT2D eigenvalue weighted by Gasteiger charge is 2.26. The zero-order valence-electron chi connectivity index (χ0n) is 9.94. The SMILES string of the molecule is O=C(Nc1cc(Br)cnc1Cl)c1cccn1C1CC1. The van der Waals surface area contributed by atoms with Gasteiger partial charge in [-0.2, -0.15) is 0 Å². The predicted octanol–water partition coefficient (Wildman–Crippen LogP) is 3.89. The second kappa shape index (κ2) is 4.98. The summed E-state index contributed by atoms with van der Waals surface area (Å²) >= 11 is 9.27. The molecule has 2 aromatic rings. The first-order valence-corrected chi connectivity index (χ1v) is 7.11. The summed E-state index contributed by atoms with van der Waals surface area (Å²) in [7, 11) is 0. The lowest BCUT2D eigenvalue weighted by atomic mass is 10.3. The molecule has 0 radical (unpaired) electrons. The van der Waals surface area contributed by atoms with Crippen LogP contribution in [0.15, 0.2) is 35.1 Å². The van der Waals surface area contributed by atoms with E-state index in [4.69, 9.17) is 11.6 Å². The molecule has 1 fully saturated rings. The Morgan fingerprint density at radius 1 is 1.53 bits per heavy atom. The van der Waals surface area contributed by atoms with E-state index in [9.17, 15) is 4.79 Å². The van der Waals surface area contributed by atoms with Crippen molar-refractivity contribution < 1.29 is 4.79 Å². The molecule has 0 aromatic carbocycles. The third kappa shape index (κ3) is 2.67. The first-order valence-electron chi connectivity index (χ1n) is 5.94. The molecule has 1 amide bonds. The molecular weight excluding hydrogens is 330 g/mol. The number of hydrogen-bond acceptors (Lipinski definition) is 2. The van der Waals surface area contributed by atoms with Crippen molar-refractivity contribution in [3.05, 3.63) is 45.9 Å². The molecule has 1 aliphatic carbocycles. The first kappa shape index (κ1) is 12.7. The van der Waals surface area contributed by atoms with Crippen LogP contribution in [0.25, 0.3) is 0 Å². The lowest BCUT2D eigenvalue weighted by molar-refractivity contribution is 0.101. The largest absolute Gasteiger partial charge is 0.340 e. The van der Waals surface area contributed by atoms with E-state index in [0.29, 0.717) is 17.4 Å². The second-order valence-electron chi connectivity index (χ2n) is 4.48. The van der Waals surface area contributed by atoms with Crippen LogP contribution in [0.1, 0.15) is 29.4 Å². The molecule has 0 saturated heterocycles. The van der Waals surface area contributed by atoms with E-state index in [1.54, 1.807) is 12.3 Å². The van der Waals surface area contributed by atoms with E-state index in [0.717, 1.165) is 17.3 Å². The Kier molecular flexibility index (Phi) is 3.33. The van der Waals surface area contributed by atoms with Crippen LogP contribution in [0.2, 0.25) is 5.15 Å². The Balaban J connectivity index is 1.84. The number of carbonyl (C=O) groups is 1. The molecule has 0 aliphatic heterocycles. The van der Waals surface area contributed by atoms with Crippen LogP contribution in [0, 0.1) is 0 Å². The quantitative estimate of drug-likeness (QED) is 0.862. The molecule has 1 N–H and O–H groups in total. The molecule has 0 atom stereocenters. The lowest BCUT2D eigenvalue weighted by Gasteiger charge is -2.09. The number of nitrogens with zero attached hydrogens (tertiary/aromatic N) is 2. The molecule has 6 heteroatoms. The fourth-order valence-corrected chi connectivity index (χ4v) is 2.44. The number of hydrogen-bond donors (Lipinski definition) is 1. The molecule has 0 spiro atoms. The Morgan fingerprint density at radius 3 is 3.05 bits per heavy atom. The lowest BCUT2D eigenvalue weighted by Crippen LogP contribution is -2.16. The van der Waals surface area contributed by atoms with Crippen molar-refractivity contribution in [3.8, 4) is 0 Å². The van der Waals surface area contributed by atoms with Crippen molar-refractivity contribution >= 4 is 39.1 Å². The van der Waals surface area contributed by atoms with Gasteiger partial charge in [-0.25, -0.2) is 4.98 Å². The molecule has 19 heavy (non-hydrogen) atoms. The zero-order valence-corrected chi connectivity index (χ0v) is 12.3. The second-order valence-corrected chi connectivity index (χ2v) is 5.75. The van der Waals surface area contributed by atoms with Crippen LogP contribution in [0.5, 0.6) is 0 Å². The van der Waals surface area contributed by atoms with Gasteiger partial charge in [0.05, 0.1) is 5.69 Å². The van der Waals surface area contributed by atoms with E-state index >= 15 is 0 Å². The minimum atomic E-state index is -0.168. The van der Waals surface area contributed by atoms with Crippen LogP contribution in [-0.4, -0.2) is 15.5 Å². The highest BCUT2D eigenvalue weighted by Crippen LogP contribution is 2.36. The van der Waals surface area contributed by atoms with Crippen LogP contribution in [0.3, 0.4) is 0 Å². The minimum Gasteiger partial charge on any atom is -0.340 e. The van der Waals surface area contributed by atoms with E-state index in [1.807, 2.05) is 22.9 Å². The Bertz CT molecular complexity index is 637. The van der Waals surface area contributed by atoms with Crippen LogP contribution in [-0.2, 0) is 0 Å². The van der Waals surface area contributed by atoms with E-state index in [2.05, 4.69) is 26.2 Å². The van der Waals surface area contributed by atoms with E-state index < -0.39 is 0 Å². The van der Waals surface area contributed by atoms with Gasteiger partial charge in [0.25, 0.3) is 5.91 Å². The smallest absolute Gasteiger partial charge is 0.272 e. The molecule has 1 aliphatic rings. The molecule has 0 bridgehead atoms. The van der Waals surface area contributed by atoms with Gasteiger partial charge >= 0.3 is 0 Å². The maximum absolute atomic E-state index is 12.3.